The minimum Gasteiger partial charge on any atom is -0.489 e. The second kappa shape index (κ2) is 17.0. The van der Waals surface area contributed by atoms with E-state index in [-0.39, 0.29) is 18.1 Å². The molecular weight excluding hydrogens is 634 g/mol. The average molecular weight is 672 g/mol. The van der Waals surface area contributed by atoms with Gasteiger partial charge in [0.1, 0.15) is 28.2 Å². The molecule has 0 spiro atoms. The molecule has 47 heavy (non-hydrogen) atoms. The average Bonchev–Trinajstić information content (AvgIpc) is 3.62. The number of hydrogen-bond acceptors (Lipinski definition) is 6. The number of nitrogens with zero attached hydrogens (tertiary/aromatic N) is 3. The molecule has 1 amide bonds. The summed E-state index contributed by atoms with van der Waals surface area (Å²) in [6.45, 7) is 0.885. The molecule has 1 aromatic heterocycles. The summed E-state index contributed by atoms with van der Waals surface area (Å²) in [7, 11) is 0. The van der Waals surface area contributed by atoms with Gasteiger partial charge in [0.25, 0.3) is 5.91 Å². The number of carbonyl (C=O) groups is 2. The van der Waals surface area contributed by atoms with Crippen molar-refractivity contribution in [3.05, 3.63) is 107 Å². The number of rotatable bonds is 17. The molecule has 1 aliphatic heterocycles. The molecule has 7 nitrogen and oxygen atoms in total. The molecule has 0 unspecified atom stereocenters. The van der Waals surface area contributed by atoms with Gasteiger partial charge in [-0.25, -0.2) is 9.07 Å². The molecule has 1 aliphatic rings. The Morgan fingerprint density at radius 3 is 2.34 bits per heavy atom. The third-order valence-corrected chi connectivity index (χ3v) is 9.25. The lowest BCUT2D eigenvalue weighted by molar-refractivity contribution is -0.137. The zero-order valence-electron chi connectivity index (χ0n) is 26.1. The third kappa shape index (κ3) is 9.86. The number of benzene rings is 3. The molecule has 0 radical (unpaired) electrons. The van der Waals surface area contributed by atoms with E-state index in [9.17, 15) is 14.0 Å². The lowest BCUT2D eigenvalue weighted by atomic mass is 10.1. The van der Waals surface area contributed by atoms with Crippen LogP contribution in [0, 0.1) is 5.82 Å². The number of aromatic nitrogens is 2. The third-order valence-electron chi connectivity index (χ3n) is 7.87. The Morgan fingerprint density at radius 1 is 0.915 bits per heavy atom. The number of hydrogen-bond donors (Lipinski definition) is 1. The van der Waals surface area contributed by atoms with E-state index in [0.717, 1.165) is 73.7 Å². The standard InChI is InChI=1S/C37H38FN3O4S2/c38-30-20-18-27(19-21-30)26-45-32-16-12-13-28(23-32)35-29(25-41(39-35)31-14-8-7-9-15-31)24-33-36(44)40(37(46)47-33)22-11-6-4-2-1-3-5-10-17-34(42)43/h7-9,12-16,18-21,23-25H,1-6,10-11,17,22,26H2,(H,42,43)/b33-24-. The van der Waals surface area contributed by atoms with E-state index in [4.69, 9.17) is 27.2 Å². The molecule has 0 bridgehead atoms. The Bertz CT molecular complexity index is 1710. The highest BCUT2D eigenvalue weighted by Crippen LogP contribution is 2.36. The summed E-state index contributed by atoms with van der Waals surface area (Å²) in [5.74, 6) is -0.455. The normalized spacial score (nSPS) is 13.9. The number of unbranched alkanes of at least 4 members (excludes halogenated alkanes) is 7. The monoisotopic (exact) mass is 671 g/mol. The topological polar surface area (TPSA) is 84.7 Å². The number of halogens is 1. The maximum atomic E-state index is 13.5. The fourth-order valence-electron chi connectivity index (χ4n) is 5.35. The Balaban J connectivity index is 1.25. The second-order valence-corrected chi connectivity index (χ2v) is 13.1. The molecule has 1 N–H and O–H groups in total. The summed E-state index contributed by atoms with van der Waals surface area (Å²) in [6, 6.07) is 23.7. The molecule has 4 aromatic rings. The Labute approximate surface area is 284 Å². The smallest absolute Gasteiger partial charge is 0.303 e. The van der Waals surface area contributed by atoms with Crippen molar-refractivity contribution in [2.45, 2.75) is 64.4 Å². The summed E-state index contributed by atoms with van der Waals surface area (Å²) in [6.07, 6.45) is 12.0. The number of aliphatic carboxylic acids is 1. The summed E-state index contributed by atoms with van der Waals surface area (Å²) < 4.78 is 21.7. The largest absolute Gasteiger partial charge is 0.489 e. The van der Waals surface area contributed by atoms with Crippen molar-refractivity contribution in [3.8, 4) is 22.7 Å². The van der Waals surface area contributed by atoms with Crippen LogP contribution in [-0.2, 0) is 16.2 Å². The van der Waals surface area contributed by atoms with Crippen LogP contribution in [-0.4, -0.2) is 42.5 Å². The van der Waals surface area contributed by atoms with Gasteiger partial charge in [-0.3, -0.25) is 14.5 Å². The number of para-hydroxylation sites is 1. The first-order valence-corrected chi connectivity index (χ1v) is 17.2. The first-order chi connectivity index (χ1) is 22.9. The fraction of sp³-hybridized carbons (Fsp3) is 0.297. The van der Waals surface area contributed by atoms with Gasteiger partial charge in [-0.1, -0.05) is 105 Å². The highest BCUT2D eigenvalue weighted by Gasteiger charge is 2.32. The molecule has 5 rings (SSSR count). The maximum absolute atomic E-state index is 13.5. The second-order valence-electron chi connectivity index (χ2n) is 11.5. The summed E-state index contributed by atoms with van der Waals surface area (Å²) >= 11 is 6.93. The van der Waals surface area contributed by atoms with E-state index < -0.39 is 5.97 Å². The summed E-state index contributed by atoms with van der Waals surface area (Å²) in [5, 5.41) is 13.7. The van der Waals surface area contributed by atoms with Crippen LogP contribution in [0.3, 0.4) is 0 Å². The van der Waals surface area contributed by atoms with Crippen LogP contribution >= 0.6 is 24.0 Å². The quantitative estimate of drug-likeness (QED) is 0.0681. The number of carboxylic acid groups (broad SMARTS) is 1. The predicted molar refractivity (Wildman–Crippen MR) is 189 cm³/mol. The van der Waals surface area contributed by atoms with Gasteiger partial charge in [0.15, 0.2) is 0 Å². The van der Waals surface area contributed by atoms with Gasteiger partial charge in [0.05, 0.1) is 10.6 Å². The molecule has 1 saturated heterocycles. The van der Waals surface area contributed by atoms with Crippen LogP contribution < -0.4 is 4.74 Å². The molecule has 2 heterocycles. The van der Waals surface area contributed by atoms with Crippen LogP contribution in [0.15, 0.2) is 90.0 Å². The van der Waals surface area contributed by atoms with Crippen molar-refractivity contribution < 1.29 is 23.8 Å². The number of amides is 1. The first kappa shape index (κ1) is 34.1. The summed E-state index contributed by atoms with van der Waals surface area (Å²) in [5.41, 5.74) is 4.07. The maximum Gasteiger partial charge on any atom is 0.303 e. The van der Waals surface area contributed by atoms with E-state index in [1.54, 1.807) is 21.7 Å². The molecular formula is C37H38FN3O4S2. The van der Waals surface area contributed by atoms with Crippen LogP contribution in [0.2, 0.25) is 0 Å². The highest BCUT2D eigenvalue weighted by atomic mass is 32.2. The van der Waals surface area contributed by atoms with E-state index in [2.05, 4.69) is 0 Å². The molecule has 0 saturated carbocycles. The highest BCUT2D eigenvalue weighted by molar-refractivity contribution is 8.26. The molecule has 0 atom stereocenters. The predicted octanol–water partition coefficient (Wildman–Crippen LogP) is 9.05. The van der Waals surface area contributed by atoms with E-state index in [0.29, 0.717) is 33.8 Å². The van der Waals surface area contributed by atoms with Crippen molar-refractivity contribution >= 4 is 46.3 Å². The van der Waals surface area contributed by atoms with Gasteiger partial charge in [0.2, 0.25) is 0 Å². The van der Waals surface area contributed by atoms with Crippen molar-refractivity contribution in [2.75, 3.05) is 6.54 Å². The molecule has 0 aliphatic carbocycles. The van der Waals surface area contributed by atoms with Crippen molar-refractivity contribution in [3.63, 3.8) is 0 Å². The van der Waals surface area contributed by atoms with E-state index in [1.807, 2.05) is 66.9 Å². The zero-order chi connectivity index (χ0) is 33.0. The Hall–Kier alpha value is -4.28. The number of thiocarbonyl (C=S) groups is 1. The molecule has 3 aromatic carbocycles. The number of ether oxygens (including phenoxy) is 1. The molecule has 1 fully saturated rings. The lowest BCUT2D eigenvalue weighted by Crippen LogP contribution is -2.29. The van der Waals surface area contributed by atoms with Crippen LogP contribution in [0.25, 0.3) is 23.0 Å². The summed E-state index contributed by atoms with van der Waals surface area (Å²) in [4.78, 5) is 26.4. The van der Waals surface area contributed by atoms with E-state index >= 15 is 0 Å². The van der Waals surface area contributed by atoms with Gasteiger partial charge in [-0.2, -0.15) is 5.10 Å². The number of carboxylic acids is 1. The van der Waals surface area contributed by atoms with Gasteiger partial charge in [0, 0.05) is 30.3 Å². The number of thioether (sulfide) groups is 1. The van der Waals surface area contributed by atoms with Gasteiger partial charge < -0.3 is 9.84 Å². The van der Waals surface area contributed by atoms with Gasteiger partial charge >= 0.3 is 5.97 Å². The minimum absolute atomic E-state index is 0.0896. The number of carbonyl (C=O) groups excluding carboxylic acids is 1. The van der Waals surface area contributed by atoms with Crippen LogP contribution in [0.4, 0.5) is 4.39 Å². The van der Waals surface area contributed by atoms with Crippen LogP contribution in [0.5, 0.6) is 5.75 Å². The van der Waals surface area contributed by atoms with Gasteiger partial charge in [-0.05, 0) is 60.9 Å². The van der Waals surface area contributed by atoms with Crippen molar-refractivity contribution in [2.24, 2.45) is 0 Å². The van der Waals surface area contributed by atoms with Crippen molar-refractivity contribution in [1.29, 1.82) is 0 Å². The SMILES string of the molecule is O=C(O)CCCCCCCCCCN1C(=O)/C(=C/c2cn(-c3ccccc3)nc2-c2cccc(OCc3ccc(F)cc3)c2)SC1=S. The first-order valence-electron chi connectivity index (χ1n) is 16.0. The zero-order valence-corrected chi connectivity index (χ0v) is 27.8. The fourth-order valence-corrected chi connectivity index (χ4v) is 6.65. The van der Waals surface area contributed by atoms with Gasteiger partial charge in [-0.15, -0.1) is 0 Å². The lowest BCUT2D eigenvalue weighted by Gasteiger charge is -2.14. The molecule has 10 heteroatoms. The minimum atomic E-state index is -0.727. The van der Waals surface area contributed by atoms with Crippen LogP contribution in [0.1, 0.15) is 68.9 Å². The van der Waals surface area contributed by atoms with Crippen molar-refractivity contribution in [1.82, 2.24) is 14.7 Å². The Morgan fingerprint density at radius 2 is 1.62 bits per heavy atom. The molecule has 244 valence electrons. The Kier molecular flexibility index (Phi) is 12.3. The van der Waals surface area contributed by atoms with E-state index in [1.165, 1.54) is 23.9 Å².